The zero-order chi connectivity index (χ0) is 18.7. The normalized spacial score (nSPS) is 18.3. The van der Waals surface area contributed by atoms with Crippen LogP contribution in [0.1, 0.15) is 16.9 Å². The molecule has 0 spiro atoms. The number of nitrogens with zero attached hydrogens (tertiary/aromatic N) is 3. The first-order valence-corrected chi connectivity index (χ1v) is 9.92. The summed E-state index contributed by atoms with van der Waals surface area (Å²) in [5, 5.41) is 3.03. The Morgan fingerprint density at radius 3 is 2.62 bits per heavy atom. The molecule has 1 amide bonds. The SMILES string of the molecule is COc1ccc(Nc2nccc(C(=O)N(C)C3CCS(=O)(=O)C3)n2)cc1. The molecule has 26 heavy (non-hydrogen) atoms. The van der Waals surface area contributed by atoms with Crippen molar-refractivity contribution in [1.82, 2.24) is 14.9 Å². The Hall–Kier alpha value is -2.68. The van der Waals surface area contributed by atoms with Crippen LogP contribution in [0.15, 0.2) is 36.5 Å². The third-order valence-corrected chi connectivity index (χ3v) is 6.05. The van der Waals surface area contributed by atoms with Crippen molar-refractivity contribution in [3.05, 3.63) is 42.2 Å². The van der Waals surface area contributed by atoms with Gasteiger partial charge in [-0.3, -0.25) is 4.79 Å². The largest absolute Gasteiger partial charge is 0.497 e. The first-order valence-electron chi connectivity index (χ1n) is 8.10. The lowest BCUT2D eigenvalue weighted by molar-refractivity contribution is 0.0741. The lowest BCUT2D eigenvalue weighted by Crippen LogP contribution is -2.38. The van der Waals surface area contributed by atoms with Crippen molar-refractivity contribution in [2.45, 2.75) is 12.5 Å². The van der Waals surface area contributed by atoms with Gasteiger partial charge in [0.15, 0.2) is 9.84 Å². The maximum Gasteiger partial charge on any atom is 0.272 e. The third-order valence-electron chi connectivity index (χ3n) is 4.30. The number of rotatable bonds is 5. The van der Waals surface area contributed by atoms with Crippen LogP contribution in [0, 0.1) is 0 Å². The Labute approximate surface area is 152 Å². The zero-order valence-corrected chi connectivity index (χ0v) is 15.4. The van der Waals surface area contributed by atoms with Gasteiger partial charge in [0, 0.05) is 25.0 Å². The predicted molar refractivity (Wildman–Crippen MR) is 97.5 cm³/mol. The van der Waals surface area contributed by atoms with E-state index in [1.165, 1.54) is 17.2 Å². The number of amides is 1. The van der Waals surface area contributed by atoms with E-state index in [0.29, 0.717) is 6.42 Å². The molecule has 1 saturated heterocycles. The Kier molecular flexibility index (Phi) is 5.08. The molecule has 138 valence electrons. The van der Waals surface area contributed by atoms with E-state index < -0.39 is 9.84 Å². The van der Waals surface area contributed by atoms with Crippen LogP contribution in [0.25, 0.3) is 0 Å². The number of hydrogen-bond donors (Lipinski definition) is 1. The molecule has 1 atom stereocenters. The minimum atomic E-state index is -3.06. The fourth-order valence-corrected chi connectivity index (χ4v) is 4.54. The second kappa shape index (κ2) is 7.28. The number of anilines is 2. The standard InChI is InChI=1S/C17H20N4O4S/c1-21(13-8-10-26(23,24)11-13)16(22)15-7-9-18-17(20-15)19-12-3-5-14(25-2)6-4-12/h3-7,9,13H,8,10-11H2,1-2H3,(H,18,19,20). The van der Waals surface area contributed by atoms with Crippen molar-refractivity contribution in [3.63, 3.8) is 0 Å². The molecule has 1 aliphatic rings. The van der Waals surface area contributed by atoms with Gasteiger partial charge < -0.3 is 15.0 Å². The molecule has 1 N–H and O–H groups in total. The Morgan fingerprint density at radius 2 is 2.00 bits per heavy atom. The van der Waals surface area contributed by atoms with Gasteiger partial charge in [-0.1, -0.05) is 0 Å². The molecule has 0 bridgehead atoms. The number of nitrogens with one attached hydrogen (secondary N) is 1. The Morgan fingerprint density at radius 1 is 1.27 bits per heavy atom. The summed E-state index contributed by atoms with van der Waals surface area (Å²) in [5.41, 5.74) is 0.966. The molecule has 0 radical (unpaired) electrons. The topological polar surface area (TPSA) is 101 Å². The van der Waals surface area contributed by atoms with Gasteiger partial charge in [-0.05, 0) is 36.8 Å². The van der Waals surface area contributed by atoms with Crippen LogP contribution >= 0.6 is 0 Å². The quantitative estimate of drug-likeness (QED) is 0.843. The van der Waals surface area contributed by atoms with Crippen molar-refractivity contribution < 1.29 is 17.9 Å². The van der Waals surface area contributed by atoms with E-state index in [1.54, 1.807) is 26.3 Å². The molecule has 9 heteroatoms. The maximum atomic E-state index is 12.6. The van der Waals surface area contributed by atoms with Crippen molar-refractivity contribution in [2.24, 2.45) is 0 Å². The van der Waals surface area contributed by atoms with Gasteiger partial charge in [0.25, 0.3) is 5.91 Å². The lowest BCUT2D eigenvalue weighted by Gasteiger charge is -2.23. The number of sulfone groups is 1. The van der Waals surface area contributed by atoms with Crippen LogP contribution in [0.4, 0.5) is 11.6 Å². The van der Waals surface area contributed by atoms with Crippen LogP contribution in [-0.2, 0) is 9.84 Å². The number of hydrogen-bond acceptors (Lipinski definition) is 7. The molecule has 1 aromatic heterocycles. The van der Waals surface area contributed by atoms with Gasteiger partial charge in [0.05, 0.1) is 18.6 Å². The van der Waals surface area contributed by atoms with Crippen molar-refractivity contribution >= 4 is 27.4 Å². The number of methoxy groups -OCH3 is 1. The maximum absolute atomic E-state index is 12.6. The molecular weight excluding hydrogens is 356 g/mol. The Balaban J connectivity index is 1.72. The third kappa shape index (κ3) is 4.10. The summed E-state index contributed by atoms with van der Waals surface area (Å²) in [6, 6.07) is 8.41. The number of ether oxygens (including phenoxy) is 1. The predicted octanol–water partition coefficient (Wildman–Crippen LogP) is 1.49. The second-order valence-corrected chi connectivity index (χ2v) is 8.32. The van der Waals surface area contributed by atoms with Crippen LogP contribution in [-0.4, -0.2) is 60.9 Å². The highest BCUT2D eigenvalue weighted by molar-refractivity contribution is 7.91. The second-order valence-electron chi connectivity index (χ2n) is 6.09. The summed E-state index contributed by atoms with van der Waals surface area (Å²) >= 11 is 0. The highest BCUT2D eigenvalue weighted by atomic mass is 32.2. The number of benzene rings is 1. The molecule has 2 heterocycles. The van der Waals surface area contributed by atoms with Gasteiger partial charge in [-0.15, -0.1) is 0 Å². The number of carbonyl (C=O) groups excluding carboxylic acids is 1. The fourth-order valence-electron chi connectivity index (χ4n) is 2.77. The van der Waals surface area contributed by atoms with Crippen LogP contribution in [0.5, 0.6) is 5.75 Å². The highest BCUT2D eigenvalue weighted by Crippen LogP contribution is 2.20. The average molecular weight is 376 g/mol. The van der Waals surface area contributed by atoms with Crippen molar-refractivity contribution in [1.29, 1.82) is 0 Å². The van der Waals surface area contributed by atoms with Gasteiger partial charge in [-0.2, -0.15) is 0 Å². The molecule has 0 aliphatic carbocycles. The van der Waals surface area contributed by atoms with Crippen LogP contribution in [0.2, 0.25) is 0 Å². The number of aromatic nitrogens is 2. The minimum Gasteiger partial charge on any atom is -0.497 e. The van der Waals surface area contributed by atoms with E-state index in [0.717, 1.165) is 11.4 Å². The molecule has 2 aromatic rings. The molecule has 1 aliphatic heterocycles. The minimum absolute atomic E-state index is 0.00270. The van der Waals surface area contributed by atoms with Gasteiger partial charge >= 0.3 is 0 Å². The number of carbonyl (C=O) groups is 1. The average Bonchev–Trinajstić information content (AvgIpc) is 3.01. The van der Waals surface area contributed by atoms with Gasteiger partial charge in [0.2, 0.25) is 5.95 Å². The molecule has 8 nitrogen and oxygen atoms in total. The van der Waals surface area contributed by atoms with Gasteiger partial charge in [0.1, 0.15) is 11.4 Å². The first kappa shape index (κ1) is 18.1. The smallest absolute Gasteiger partial charge is 0.272 e. The summed E-state index contributed by atoms with van der Waals surface area (Å²) in [6.45, 7) is 0. The van der Waals surface area contributed by atoms with Gasteiger partial charge in [-0.25, -0.2) is 18.4 Å². The highest BCUT2D eigenvalue weighted by Gasteiger charge is 2.33. The molecule has 1 unspecified atom stereocenters. The molecule has 1 fully saturated rings. The summed E-state index contributed by atoms with van der Waals surface area (Å²) in [5.74, 6) is 0.801. The van der Waals surface area contributed by atoms with Crippen LogP contribution in [0.3, 0.4) is 0 Å². The summed E-state index contributed by atoms with van der Waals surface area (Å²) in [6.07, 6.45) is 1.94. The lowest BCUT2D eigenvalue weighted by atomic mass is 10.2. The summed E-state index contributed by atoms with van der Waals surface area (Å²) in [7, 11) is 0.134. The zero-order valence-electron chi connectivity index (χ0n) is 14.5. The van der Waals surface area contributed by atoms with E-state index >= 15 is 0 Å². The molecule has 1 aromatic carbocycles. The first-order chi connectivity index (χ1) is 12.4. The monoisotopic (exact) mass is 376 g/mol. The van der Waals surface area contributed by atoms with E-state index in [-0.39, 0.29) is 35.1 Å². The summed E-state index contributed by atoms with van der Waals surface area (Å²) < 4.78 is 28.4. The van der Waals surface area contributed by atoms with E-state index in [1.807, 2.05) is 12.1 Å². The van der Waals surface area contributed by atoms with Crippen molar-refractivity contribution in [3.8, 4) is 5.75 Å². The van der Waals surface area contributed by atoms with E-state index in [9.17, 15) is 13.2 Å². The van der Waals surface area contributed by atoms with Crippen molar-refractivity contribution in [2.75, 3.05) is 31.0 Å². The van der Waals surface area contributed by atoms with E-state index in [4.69, 9.17) is 4.74 Å². The Bertz CT molecular complexity index is 899. The molecular formula is C17H20N4O4S. The molecule has 0 saturated carbocycles. The van der Waals surface area contributed by atoms with Crippen LogP contribution < -0.4 is 10.1 Å². The summed E-state index contributed by atoms with van der Waals surface area (Å²) in [4.78, 5) is 22.4. The van der Waals surface area contributed by atoms with E-state index in [2.05, 4.69) is 15.3 Å². The fraction of sp³-hybridized carbons (Fsp3) is 0.353. The molecule has 3 rings (SSSR count).